The highest BCUT2D eigenvalue weighted by atomic mass is 16.6. The average Bonchev–Trinajstić information content (AvgIpc) is 2.81. The normalized spacial score (nSPS) is 15.7. The van der Waals surface area contributed by atoms with Crippen LogP contribution in [-0.2, 0) is 0 Å². The zero-order valence-electron chi connectivity index (χ0n) is 17.2. The number of amides is 2. The third kappa shape index (κ3) is 3.98. The molecule has 1 atom stereocenters. The quantitative estimate of drug-likeness (QED) is 0.389. The van der Waals surface area contributed by atoms with Crippen LogP contribution in [0.25, 0.3) is 11.3 Å². The van der Waals surface area contributed by atoms with Crippen molar-refractivity contribution in [2.45, 2.75) is 13.0 Å². The van der Waals surface area contributed by atoms with Gasteiger partial charge in [-0.15, -0.1) is 0 Å². The molecule has 1 aliphatic rings. The van der Waals surface area contributed by atoms with E-state index in [0.717, 1.165) is 16.7 Å². The zero-order valence-corrected chi connectivity index (χ0v) is 17.2. The van der Waals surface area contributed by atoms with Gasteiger partial charge in [0.2, 0.25) is 5.75 Å². The van der Waals surface area contributed by atoms with Crippen molar-refractivity contribution in [2.24, 2.45) is 0 Å². The van der Waals surface area contributed by atoms with Gasteiger partial charge in [0.1, 0.15) is 0 Å². The Hall–Kier alpha value is -4.33. The van der Waals surface area contributed by atoms with Gasteiger partial charge in [0.05, 0.1) is 23.3 Å². The van der Waals surface area contributed by atoms with Crippen LogP contribution < -0.4 is 15.4 Å². The predicted molar refractivity (Wildman–Crippen MR) is 120 cm³/mol. The Labute approximate surface area is 184 Å². The lowest BCUT2D eigenvalue weighted by atomic mass is 9.87. The summed E-state index contributed by atoms with van der Waals surface area (Å²) < 4.78 is 5.44. The van der Waals surface area contributed by atoms with Gasteiger partial charge in [0.15, 0.2) is 5.75 Å². The second-order valence-corrected chi connectivity index (χ2v) is 7.13. The van der Waals surface area contributed by atoms with Crippen LogP contribution in [0.1, 0.15) is 29.7 Å². The van der Waals surface area contributed by atoms with E-state index in [1.54, 1.807) is 6.92 Å². The van der Waals surface area contributed by atoms with Gasteiger partial charge in [0, 0.05) is 11.6 Å². The van der Waals surface area contributed by atoms with Crippen LogP contribution in [-0.4, -0.2) is 22.7 Å². The fourth-order valence-corrected chi connectivity index (χ4v) is 3.76. The third-order valence-electron chi connectivity index (χ3n) is 5.13. The highest BCUT2D eigenvalue weighted by Crippen LogP contribution is 2.43. The molecule has 0 radical (unpaired) electrons. The number of phenols is 1. The number of benzene rings is 3. The summed E-state index contributed by atoms with van der Waals surface area (Å²) in [6, 6.07) is 20.4. The van der Waals surface area contributed by atoms with Gasteiger partial charge in [-0.2, -0.15) is 0 Å². The fourth-order valence-electron chi connectivity index (χ4n) is 3.76. The topological polar surface area (TPSA) is 114 Å². The van der Waals surface area contributed by atoms with Gasteiger partial charge in [0.25, 0.3) is 0 Å². The highest BCUT2D eigenvalue weighted by molar-refractivity contribution is 6.03. The number of hydrogen-bond acceptors (Lipinski definition) is 5. The Morgan fingerprint density at radius 2 is 1.66 bits per heavy atom. The maximum Gasteiger partial charge on any atom is 0.320 e. The number of phenolic OH excluding ortho intramolecular Hbond substituents is 1. The van der Waals surface area contributed by atoms with E-state index in [9.17, 15) is 20.0 Å². The molecule has 0 spiro atoms. The van der Waals surface area contributed by atoms with E-state index in [4.69, 9.17) is 4.74 Å². The Balaban J connectivity index is 1.98. The molecule has 8 heteroatoms. The van der Waals surface area contributed by atoms with Gasteiger partial charge < -0.3 is 20.5 Å². The molecule has 1 aliphatic heterocycles. The maximum absolute atomic E-state index is 12.6. The summed E-state index contributed by atoms with van der Waals surface area (Å²) in [6.07, 6.45) is 0. The van der Waals surface area contributed by atoms with E-state index in [2.05, 4.69) is 10.6 Å². The first kappa shape index (κ1) is 20.9. The highest BCUT2D eigenvalue weighted by Gasteiger charge is 2.32. The Morgan fingerprint density at radius 1 is 1.03 bits per heavy atom. The van der Waals surface area contributed by atoms with Crippen LogP contribution in [0.2, 0.25) is 0 Å². The number of carbonyl (C=O) groups excluding carboxylic acids is 1. The summed E-state index contributed by atoms with van der Waals surface area (Å²) in [5.74, 6) is -0.562. The molecular formula is C24H21N3O5. The molecule has 0 aliphatic carbocycles. The molecule has 0 saturated heterocycles. The number of carbonyl (C=O) groups is 1. The van der Waals surface area contributed by atoms with E-state index >= 15 is 0 Å². The lowest BCUT2D eigenvalue weighted by Crippen LogP contribution is -2.43. The Kier molecular flexibility index (Phi) is 5.76. The summed E-state index contributed by atoms with van der Waals surface area (Å²) in [6.45, 7) is 1.93. The molecule has 0 aromatic heterocycles. The number of aromatic hydroxyl groups is 1. The molecule has 8 nitrogen and oxygen atoms in total. The van der Waals surface area contributed by atoms with Crippen molar-refractivity contribution < 1.29 is 19.6 Å². The number of hydrogen-bond donors (Lipinski definition) is 3. The van der Waals surface area contributed by atoms with Gasteiger partial charge in [-0.3, -0.25) is 10.1 Å². The number of urea groups is 1. The van der Waals surface area contributed by atoms with E-state index in [0.29, 0.717) is 11.3 Å². The van der Waals surface area contributed by atoms with E-state index < -0.39 is 28.4 Å². The minimum Gasteiger partial charge on any atom is -0.500 e. The molecule has 162 valence electrons. The van der Waals surface area contributed by atoms with Crippen molar-refractivity contribution in [2.75, 3.05) is 6.61 Å². The first-order chi connectivity index (χ1) is 15.5. The van der Waals surface area contributed by atoms with Crippen molar-refractivity contribution in [1.82, 2.24) is 10.6 Å². The number of nitrogens with one attached hydrogen (secondary N) is 2. The minimum atomic E-state index is -0.722. The first-order valence-electron chi connectivity index (χ1n) is 10.1. The number of rotatable bonds is 6. The van der Waals surface area contributed by atoms with Crippen molar-refractivity contribution >= 4 is 23.0 Å². The lowest BCUT2D eigenvalue weighted by molar-refractivity contribution is -0.386. The van der Waals surface area contributed by atoms with Gasteiger partial charge >= 0.3 is 11.7 Å². The summed E-state index contributed by atoms with van der Waals surface area (Å²) in [5.41, 5.74) is 2.88. The molecule has 0 bridgehead atoms. The number of nitro groups is 1. The molecule has 4 rings (SSSR count). The van der Waals surface area contributed by atoms with Crippen LogP contribution in [0.15, 0.2) is 72.8 Å². The SMILES string of the molecule is CCOc1cc([C@@H]2NC(=O)NC(c3ccccc3)=C2c2ccccc2)cc([N+](=O)[O-])c1O. The van der Waals surface area contributed by atoms with Crippen molar-refractivity contribution in [3.8, 4) is 11.5 Å². The summed E-state index contributed by atoms with van der Waals surface area (Å²) >= 11 is 0. The van der Waals surface area contributed by atoms with E-state index in [1.807, 2.05) is 60.7 Å². The molecule has 0 fully saturated rings. The van der Waals surface area contributed by atoms with Crippen LogP contribution in [0, 0.1) is 10.1 Å². The fraction of sp³-hybridized carbons (Fsp3) is 0.125. The number of ether oxygens (including phenoxy) is 1. The number of nitrogens with zero attached hydrogens (tertiary/aromatic N) is 1. The van der Waals surface area contributed by atoms with Crippen LogP contribution in [0.5, 0.6) is 11.5 Å². The van der Waals surface area contributed by atoms with Crippen LogP contribution >= 0.6 is 0 Å². The molecule has 0 saturated carbocycles. The maximum atomic E-state index is 12.6. The van der Waals surface area contributed by atoms with Gasteiger partial charge in [-0.1, -0.05) is 60.7 Å². The minimum absolute atomic E-state index is 0.0156. The molecule has 1 heterocycles. The summed E-state index contributed by atoms with van der Waals surface area (Å²) in [4.78, 5) is 23.6. The van der Waals surface area contributed by atoms with Crippen molar-refractivity contribution in [1.29, 1.82) is 0 Å². The third-order valence-corrected chi connectivity index (χ3v) is 5.13. The Bertz CT molecular complexity index is 1190. The van der Waals surface area contributed by atoms with E-state index in [-0.39, 0.29) is 12.4 Å². The lowest BCUT2D eigenvalue weighted by Gasteiger charge is -2.31. The van der Waals surface area contributed by atoms with Crippen molar-refractivity contribution in [3.05, 3.63) is 99.6 Å². The molecule has 32 heavy (non-hydrogen) atoms. The van der Waals surface area contributed by atoms with Crippen molar-refractivity contribution in [3.63, 3.8) is 0 Å². The molecular weight excluding hydrogens is 410 g/mol. The second-order valence-electron chi connectivity index (χ2n) is 7.13. The standard InChI is InChI=1S/C24H21N3O5/c1-2-32-19-14-17(13-18(23(19)28)27(30)31)22-20(15-9-5-3-6-10-15)21(25-24(29)26-22)16-11-7-4-8-12-16/h3-14,22,28H,2H2,1H3,(H2,25,26,29)/t22-/m0/s1. The smallest absolute Gasteiger partial charge is 0.320 e. The zero-order chi connectivity index (χ0) is 22.7. The van der Waals surface area contributed by atoms with Gasteiger partial charge in [-0.05, 0) is 29.7 Å². The molecule has 3 N–H and O–H groups in total. The predicted octanol–water partition coefficient (Wildman–Crippen LogP) is 4.62. The van der Waals surface area contributed by atoms with Crippen LogP contribution in [0.3, 0.4) is 0 Å². The molecule has 2 amide bonds. The summed E-state index contributed by atoms with van der Waals surface area (Å²) in [5, 5.41) is 27.6. The van der Waals surface area contributed by atoms with Gasteiger partial charge in [-0.25, -0.2) is 4.79 Å². The van der Waals surface area contributed by atoms with Crippen LogP contribution in [0.4, 0.5) is 10.5 Å². The summed E-state index contributed by atoms with van der Waals surface area (Å²) in [7, 11) is 0. The molecule has 0 unspecified atom stereocenters. The second kappa shape index (κ2) is 8.81. The number of nitro benzene ring substituents is 1. The van der Waals surface area contributed by atoms with E-state index in [1.165, 1.54) is 12.1 Å². The molecule has 3 aromatic carbocycles. The Morgan fingerprint density at radius 3 is 2.25 bits per heavy atom. The largest absolute Gasteiger partial charge is 0.500 e. The average molecular weight is 431 g/mol. The monoisotopic (exact) mass is 431 g/mol. The first-order valence-corrected chi connectivity index (χ1v) is 10.1. The molecule has 3 aromatic rings.